The summed E-state index contributed by atoms with van der Waals surface area (Å²) >= 11 is 0. The number of rotatable bonds is 9. The number of allylic oxidation sites excluding steroid dienone is 1. The van der Waals surface area contributed by atoms with E-state index < -0.39 is 13.0 Å². The van der Waals surface area contributed by atoms with E-state index in [0.29, 0.717) is 54.0 Å². The molecule has 0 radical (unpaired) electrons. The molecule has 37 heavy (non-hydrogen) atoms. The van der Waals surface area contributed by atoms with Crippen LogP contribution in [-0.2, 0) is 6.42 Å². The monoisotopic (exact) mass is 510 g/mol. The molecule has 1 spiro atoms. The van der Waals surface area contributed by atoms with Crippen LogP contribution in [0.25, 0.3) is 0 Å². The van der Waals surface area contributed by atoms with Crippen molar-refractivity contribution in [2.24, 2.45) is 5.41 Å². The summed E-state index contributed by atoms with van der Waals surface area (Å²) in [5, 5.41) is 3.01. The Kier molecular flexibility index (Phi) is 7.63. The van der Waals surface area contributed by atoms with Crippen LogP contribution in [0.2, 0.25) is 0 Å². The molecule has 2 aromatic rings. The Bertz CT molecular complexity index is 1120. The third-order valence-electron chi connectivity index (χ3n) is 8.10. The minimum atomic E-state index is -0.956. The zero-order valence-corrected chi connectivity index (χ0v) is 21.4. The van der Waals surface area contributed by atoms with E-state index in [2.05, 4.69) is 21.8 Å². The molecule has 3 fully saturated rings. The van der Waals surface area contributed by atoms with Crippen molar-refractivity contribution in [3.63, 3.8) is 0 Å². The third-order valence-corrected chi connectivity index (χ3v) is 8.10. The maximum Gasteiger partial charge on any atom is 0.259 e. The first-order valence-electron chi connectivity index (χ1n) is 13.4. The number of halogens is 2. The van der Waals surface area contributed by atoms with Gasteiger partial charge < -0.3 is 19.9 Å². The van der Waals surface area contributed by atoms with Crippen molar-refractivity contribution in [1.82, 2.24) is 4.98 Å². The normalized spacial score (nSPS) is 19.1. The van der Waals surface area contributed by atoms with Crippen LogP contribution in [0.3, 0.4) is 0 Å². The first-order valence-corrected chi connectivity index (χ1v) is 13.4. The number of ether oxygens (including phenoxy) is 1. The van der Waals surface area contributed by atoms with Crippen LogP contribution >= 0.6 is 0 Å². The van der Waals surface area contributed by atoms with E-state index >= 15 is 0 Å². The highest BCUT2D eigenvalue weighted by Gasteiger charge is 2.44. The van der Waals surface area contributed by atoms with E-state index in [1.54, 1.807) is 24.4 Å². The van der Waals surface area contributed by atoms with Gasteiger partial charge in [0.1, 0.15) is 11.9 Å². The highest BCUT2D eigenvalue weighted by molar-refractivity contribution is 6.08. The standard InChI is InChI=1S/C29H36F2N4O2/c1-2-3-4-22-17-25(35-15-11-29(9-10-29)12-16-35)24(19-32-22)28(36)33-23-5-6-27(37-20-30)26(18-23)34-13-7-21(31)8-14-34/h2,5-6,17-19,21H,1,3-4,7-16,20H2,(H,33,36). The van der Waals surface area contributed by atoms with E-state index in [0.717, 1.165) is 50.2 Å². The summed E-state index contributed by atoms with van der Waals surface area (Å²) in [5.41, 5.74) is 4.18. The molecule has 1 amide bonds. The predicted octanol–water partition coefficient (Wildman–Crippen LogP) is 6.08. The van der Waals surface area contributed by atoms with Gasteiger partial charge in [0, 0.05) is 43.8 Å². The van der Waals surface area contributed by atoms with Crippen LogP contribution in [-0.4, -0.2) is 50.1 Å². The number of hydrogen-bond donors (Lipinski definition) is 1. The molecule has 1 aromatic carbocycles. The number of piperidine rings is 2. The fourth-order valence-corrected chi connectivity index (χ4v) is 5.52. The Labute approximate surface area is 217 Å². The number of aromatic nitrogens is 1. The smallest absolute Gasteiger partial charge is 0.259 e. The molecule has 0 bridgehead atoms. The van der Waals surface area contributed by atoms with Gasteiger partial charge in [0.25, 0.3) is 5.91 Å². The SMILES string of the molecule is C=CCCc1cc(N2CCC3(CC2)CC3)c(C(=O)Nc2ccc(OCF)c(N3CCC(F)CC3)c2)cn1. The Morgan fingerprint density at radius 1 is 1.11 bits per heavy atom. The first-order chi connectivity index (χ1) is 18.0. The maximum atomic E-state index is 13.7. The van der Waals surface area contributed by atoms with Gasteiger partial charge in [0.15, 0.2) is 0 Å². The molecule has 0 unspecified atom stereocenters. The topological polar surface area (TPSA) is 57.7 Å². The van der Waals surface area contributed by atoms with Gasteiger partial charge >= 0.3 is 0 Å². The molecule has 198 valence electrons. The van der Waals surface area contributed by atoms with Crippen molar-refractivity contribution in [2.75, 3.05) is 48.2 Å². The van der Waals surface area contributed by atoms with E-state index in [4.69, 9.17) is 4.74 Å². The first kappa shape index (κ1) is 25.5. The molecule has 1 aliphatic carbocycles. The van der Waals surface area contributed by atoms with Gasteiger partial charge in [-0.2, -0.15) is 0 Å². The zero-order valence-electron chi connectivity index (χ0n) is 21.4. The second-order valence-corrected chi connectivity index (χ2v) is 10.6. The minimum Gasteiger partial charge on any atom is -0.461 e. The van der Waals surface area contributed by atoms with Gasteiger partial charge in [-0.25, -0.2) is 8.78 Å². The van der Waals surface area contributed by atoms with Crippen molar-refractivity contribution >= 4 is 23.0 Å². The summed E-state index contributed by atoms with van der Waals surface area (Å²) in [6.45, 7) is 5.76. The molecular weight excluding hydrogens is 474 g/mol. The predicted molar refractivity (Wildman–Crippen MR) is 143 cm³/mol. The second-order valence-electron chi connectivity index (χ2n) is 10.6. The molecule has 1 N–H and O–H groups in total. The molecule has 2 aliphatic heterocycles. The van der Waals surface area contributed by atoms with Gasteiger partial charge in [-0.05, 0) is 81.0 Å². The number of pyridine rings is 1. The number of hydrogen-bond acceptors (Lipinski definition) is 5. The van der Waals surface area contributed by atoms with E-state index in [1.165, 1.54) is 12.8 Å². The molecule has 3 aliphatic rings. The maximum absolute atomic E-state index is 13.7. The largest absolute Gasteiger partial charge is 0.461 e. The zero-order chi connectivity index (χ0) is 25.8. The lowest BCUT2D eigenvalue weighted by Crippen LogP contribution is -2.36. The molecule has 8 heteroatoms. The number of carbonyl (C=O) groups is 1. The summed E-state index contributed by atoms with van der Waals surface area (Å²) < 4.78 is 31.9. The lowest BCUT2D eigenvalue weighted by atomic mass is 9.93. The summed E-state index contributed by atoms with van der Waals surface area (Å²) in [5.74, 6) is 0.145. The summed E-state index contributed by atoms with van der Waals surface area (Å²) in [7, 11) is 0. The number of nitrogens with zero attached hydrogens (tertiary/aromatic N) is 3. The number of alkyl halides is 2. The lowest BCUT2D eigenvalue weighted by Gasteiger charge is -2.35. The fourth-order valence-electron chi connectivity index (χ4n) is 5.52. The Balaban J connectivity index is 1.38. The number of benzene rings is 1. The molecule has 5 rings (SSSR count). The summed E-state index contributed by atoms with van der Waals surface area (Å²) in [6, 6.07) is 7.19. The van der Waals surface area contributed by atoms with Crippen LogP contribution in [0.1, 0.15) is 61.0 Å². The number of amides is 1. The Hall–Kier alpha value is -3.16. The lowest BCUT2D eigenvalue weighted by molar-refractivity contribution is 0.102. The van der Waals surface area contributed by atoms with E-state index in [9.17, 15) is 13.6 Å². The van der Waals surface area contributed by atoms with Crippen LogP contribution in [0.4, 0.5) is 25.8 Å². The van der Waals surface area contributed by atoms with Gasteiger partial charge in [-0.15, -0.1) is 6.58 Å². The molecule has 6 nitrogen and oxygen atoms in total. The van der Waals surface area contributed by atoms with E-state index in [1.807, 2.05) is 17.0 Å². The second kappa shape index (κ2) is 11.1. The number of carbonyl (C=O) groups excluding carboxylic acids is 1. The van der Waals surface area contributed by atoms with Gasteiger partial charge in [-0.3, -0.25) is 9.78 Å². The highest BCUT2D eigenvalue weighted by Crippen LogP contribution is 2.54. The van der Waals surface area contributed by atoms with Gasteiger partial charge in [0.05, 0.1) is 16.9 Å². The number of nitrogens with one attached hydrogen (secondary N) is 1. The van der Waals surface area contributed by atoms with Crippen molar-refractivity contribution in [3.8, 4) is 5.75 Å². The van der Waals surface area contributed by atoms with Gasteiger partial charge in [0.2, 0.25) is 6.86 Å². The molecule has 1 saturated carbocycles. The molecule has 2 saturated heterocycles. The van der Waals surface area contributed by atoms with Crippen LogP contribution in [0.5, 0.6) is 5.75 Å². The number of aryl methyl sites for hydroxylation is 1. The molecule has 0 atom stereocenters. The average molecular weight is 511 g/mol. The van der Waals surface area contributed by atoms with Crippen LogP contribution in [0.15, 0.2) is 43.1 Å². The molecular formula is C29H36F2N4O2. The van der Waals surface area contributed by atoms with Crippen molar-refractivity contribution in [2.45, 2.75) is 57.5 Å². The van der Waals surface area contributed by atoms with Crippen LogP contribution in [0, 0.1) is 5.41 Å². The van der Waals surface area contributed by atoms with Crippen molar-refractivity contribution < 1.29 is 18.3 Å². The van der Waals surface area contributed by atoms with Gasteiger partial charge in [-0.1, -0.05) is 6.08 Å². The van der Waals surface area contributed by atoms with Crippen LogP contribution < -0.4 is 19.9 Å². The Morgan fingerprint density at radius 2 is 1.84 bits per heavy atom. The summed E-state index contributed by atoms with van der Waals surface area (Å²) in [4.78, 5) is 22.4. The molecule has 1 aromatic heterocycles. The minimum absolute atomic E-state index is 0.239. The average Bonchev–Trinajstić information content (AvgIpc) is 3.67. The summed E-state index contributed by atoms with van der Waals surface area (Å²) in [6.07, 6.45) is 10.1. The quantitative estimate of drug-likeness (QED) is 0.415. The third kappa shape index (κ3) is 5.89. The van der Waals surface area contributed by atoms with E-state index in [-0.39, 0.29) is 5.91 Å². The van der Waals surface area contributed by atoms with Crippen molar-refractivity contribution in [3.05, 3.63) is 54.4 Å². The molecule has 3 heterocycles. The van der Waals surface area contributed by atoms with Crippen molar-refractivity contribution in [1.29, 1.82) is 0 Å². The number of anilines is 3. The fraction of sp³-hybridized carbons (Fsp3) is 0.517. The highest BCUT2D eigenvalue weighted by atomic mass is 19.1. The Morgan fingerprint density at radius 3 is 2.51 bits per heavy atom.